The van der Waals surface area contributed by atoms with Crippen molar-refractivity contribution in [2.24, 2.45) is 0 Å². The Morgan fingerprint density at radius 3 is 2.52 bits per heavy atom. The second kappa shape index (κ2) is 5.77. The van der Waals surface area contributed by atoms with Crippen molar-refractivity contribution in [3.05, 3.63) is 58.6 Å². The summed E-state index contributed by atoms with van der Waals surface area (Å²) in [6.07, 6.45) is 2.06. The molecule has 21 heavy (non-hydrogen) atoms. The predicted octanol–water partition coefficient (Wildman–Crippen LogP) is 3.99. The van der Waals surface area contributed by atoms with Crippen molar-refractivity contribution in [3.63, 3.8) is 0 Å². The van der Waals surface area contributed by atoms with Crippen molar-refractivity contribution in [1.29, 1.82) is 0 Å². The fourth-order valence-electron chi connectivity index (χ4n) is 2.13. The predicted molar refractivity (Wildman–Crippen MR) is 85.0 cm³/mol. The number of fused-ring (bicyclic) bond motifs is 1. The largest absolute Gasteiger partial charge is 0.497 e. The van der Waals surface area contributed by atoms with Gasteiger partial charge in [0.1, 0.15) is 22.7 Å². The molecule has 2 aromatic heterocycles. The van der Waals surface area contributed by atoms with Crippen LogP contribution in [0, 0.1) is 6.92 Å². The smallest absolute Gasteiger partial charge is 0.152 e. The van der Waals surface area contributed by atoms with Crippen LogP contribution < -0.4 is 9.47 Å². The molecule has 0 saturated carbocycles. The van der Waals surface area contributed by atoms with Gasteiger partial charge in [0.25, 0.3) is 0 Å². The number of methoxy groups -OCH3 is 1. The zero-order chi connectivity index (χ0) is 14.8. The molecular formula is C16H15BrN2O2. The molecule has 0 aliphatic carbocycles. The topological polar surface area (TPSA) is 35.8 Å². The van der Waals surface area contributed by atoms with Gasteiger partial charge in [0.05, 0.1) is 12.6 Å². The molecule has 1 aromatic carbocycles. The first-order valence-corrected chi connectivity index (χ1v) is 7.36. The molecule has 3 aromatic rings. The van der Waals surface area contributed by atoms with E-state index in [2.05, 4.69) is 40.1 Å². The lowest BCUT2D eigenvalue weighted by molar-refractivity contribution is 0.294. The quantitative estimate of drug-likeness (QED) is 0.716. The Bertz CT molecular complexity index is 766. The third kappa shape index (κ3) is 2.88. The fourth-order valence-corrected chi connectivity index (χ4v) is 2.66. The number of rotatable bonds is 4. The van der Waals surface area contributed by atoms with Gasteiger partial charge in [0.2, 0.25) is 0 Å². The van der Waals surface area contributed by atoms with Crippen LogP contribution in [0.2, 0.25) is 0 Å². The first kappa shape index (κ1) is 13.9. The molecule has 0 amide bonds. The van der Waals surface area contributed by atoms with Crippen LogP contribution in [0.15, 0.2) is 47.2 Å². The molecule has 0 aliphatic heterocycles. The van der Waals surface area contributed by atoms with Crippen LogP contribution in [0.3, 0.4) is 0 Å². The highest BCUT2D eigenvalue weighted by atomic mass is 79.9. The van der Waals surface area contributed by atoms with E-state index in [0.29, 0.717) is 6.61 Å². The summed E-state index contributed by atoms with van der Waals surface area (Å²) in [7, 11) is 1.65. The van der Waals surface area contributed by atoms with Gasteiger partial charge in [-0.3, -0.25) is 4.40 Å². The Kier molecular flexibility index (Phi) is 3.84. The lowest BCUT2D eigenvalue weighted by Gasteiger charge is -2.07. The summed E-state index contributed by atoms with van der Waals surface area (Å²) in [5, 5.41) is 0. The molecule has 0 aliphatic rings. The molecule has 0 bridgehead atoms. The van der Waals surface area contributed by atoms with Gasteiger partial charge in [0, 0.05) is 6.20 Å². The van der Waals surface area contributed by atoms with E-state index in [1.54, 1.807) is 7.11 Å². The van der Waals surface area contributed by atoms with E-state index in [4.69, 9.17) is 9.47 Å². The molecule has 3 rings (SSSR count). The Hall–Kier alpha value is -2.01. The van der Waals surface area contributed by atoms with Crippen molar-refractivity contribution in [2.45, 2.75) is 13.5 Å². The minimum atomic E-state index is 0.405. The molecule has 0 saturated heterocycles. The summed E-state index contributed by atoms with van der Waals surface area (Å²) < 4.78 is 13.8. The Morgan fingerprint density at radius 2 is 1.81 bits per heavy atom. The highest BCUT2D eigenvalue weighted by Gasteiger charge is 2.09. The molecule has 2 heterocycles. The molecule has 5 heteroatoms. The van der Waals surface area contributed by atoms with Gasteiger partial charge in [0.15, 0.2) is 5.82 Å². The number of benzene rings is 1. The fraction of sp³-hybridized carbons (Fsp3) is 0.188. The number of pyridine rings is 1. The Morgan fingerprint density at radius 1 is 1.10 bits per heavy atom. The third-order valence-corrected chi connectivity index (χ3v) is 3.82. The van der Waals surface area contributed by atoms with Gasteiger partial charge in [-0.25, -0.2) is 4.98 Å². The maximum atomic E-state index is 5.79. The van der Waals surface area contributed by atoms with E-state index in [-0.39, 0.29) is 0 Å². The van der Waals surface area contributed by atoms with Gasteiger partial charge < -0.3 is 9.47 Å². The minimum Gasteiger partial charge on any atom is -0.497 e. The molecule has 4 nitrogen and oxygen atoms in total. The number of aromatic nitrogens is 2. The van der Waals surface area contributed by atoms with E-state index >= 15 is 0 Å². The van der Waals surface area contributed by atoms with Gasteiger partial charge in [-0.2, -0.15) is 0 Å². The van der Waals surface area contributed by atoms with Crippen LogP contribution in [0.4, 0.5) is 0 Å². The third-order valence-electron chi connectivity index (χ3n) is 3.24. The van der Waals surface area contributed by atoms with Crippen molar-refractivity contribution < 1.29 is 9.47 Å². The number of nitrogens with zero attached hydrogens (tertiary/aromatic N) is 2. The Balaban J connectivity index is 1.82. The number of ether oxygens (including phenoxy) is 2. The maximum absolute atomic E-state index is 5.79. The standard InChI is InChI=1S/C16H15BrN2O2/c1-11-3-8-14-16(17)18-15(19(14)9-11)10-21-13-6-4-12(20-2)5-7-13/h3-9H,10H2,1-2H3. The number of halogens is 1. The number of aryl methyl sites for hydroxylation is 1. The van der Waals surface area contributed by atoms with Crippen LogP contribution >= 0.6 is 15.9 Å². The van der Waals surface area contributed by atoms with E-state index in [1.807, 2.05) is 34.7 Å². The lowest BCUT2D eigenvalue weighted by Crippen LogP contribution is -2.01. The lowest BCUT2D eigenvalue weighted by atomic mass is 10.3. The molecule has 108 valence electrons. The average Bonchev–Trinajstić information content (AvgIpc) is 2.81. The number of imidazole rings is 1. The highest BCUT2D eigenvalue weighted by molar-refractivity contribution is 9.10. The van der Waals surface area contributed by atoms with E-state index in [9.17, 15) is 0 Å². The first-order chi connectivity index (χ1) is 10.2. The molecule has 0 atom stereocenters. The maximum Gasteiger partial charge on any atom is 0.152 e. The van der Waals surface area contributed by atoms with Crippen LogP contribution in [0.25, 0.3) is 5.52 Å². The van der Waals surface area contributed by atoms with Crippen molar-refractivity contribution in [1.82, 2.24) is 9.38 Å². The summed E-state index contributed by atoms with van der Waals surface area (Å²) in [5.41, 5.74) is 2.21. The van der Waals surface area contributed by atoms with Gasteiger partial charge in [-0.1, -0.05) is 6.07 Å². The highest BCUT2D eigenvalue weighted by Crippen LogP contribution is 2.22. The first-order valence-electron chi connectivity index (χ1n) is 6.57. The summed E-state index contributed by atoms with van der Waals surface area (Å²) in [4.78, 5) is 4.51. The monoisotopic (exact) mass is 346 g/mol. The number of hydrogen-bond acceptors (Lipinski definition) is 3. The van der Waals surface area contributed by atoms with Crippen LogP contribution in [-0.4, -0.2) is 16.5 Å². The average molecular weight is 347 g/mol. The van der Waals surface area contributed by atoms with Gasteiger partial charge >= 0.3 is 0 Å². The second-order valence-electron chi connectivity index (χ2n) is 4.74. The van der Waals surface area contributed by atoms with Crippen molar-refractivity contribution in [3.8, 4) is 11.5 Å². The van der Waals surface area contributed by atoms with Crippen LogP contribution in [-0.2, 0) is 6.61 Å². The zero-order valence-corrected chi connectivity index (χ0v) is 13.4. The van der Waals surface area contributed by atoms with Crippen molar-refractivity contribution in [2.75, 3.05) is 7.11 Å². The van der Waals surface area contributed by atoms with Crippen molar-refractivity contribution >= 4 is 21.4 Å². The summed E-state index contributed by atoms with van der Waals surface area (Å²) in [6.45, 7) is 2.46. The summed E-state index contributed by atoms with van der Waals surface area (Å²) in [6, 6.07) is 11.6. The van der Waals surface area contributed by atoms with Crippen LogP contribution in [0.1, 0.15) is 11.4 Å². The zero-order valence-electron chi connectivity index (χ0n) is 11.8. The van der Waals surface area contributed by atoms with E-state index in [0.717, 1.165) is 27.4 Å². The molecular weight excluding hydrogens is 332 g/mol. The van der Waals surface area contributed by atoms with Crippen LogP contribution in [0.5, 0.6) is 11.5 Å². The summed E-state index contributed by atoms with van der Waals surface area (Å²) in [5.74, 6) is 2.46. The molecule has 0 spiro atoms. The van der Waals surface area contributed by atoms with Gasteiger partial charge in [-0.15, -0.1) is 0 Å². The molecule has 0 unspecified atom stereocenters. The molecule has 0 fully saturated rings. The van der Waals surface area contributed by atoms with E-state index in [1.165, 1.54) is 5.56 Å². The SMILES string of the molecule is COc1ccc(OCc2nc(Br)c3ccc(C)cn23)cc1. The number of hydrogen-bond donors (Lipinski definition) is 0. The Labute approximate surface area is 131 Å². The second-order valence-corrected chi connectivity index (χ2v) is 5.50. The summed E-state index contributed by atoms with van der Waals surface area (Å²) >= 11 is 3.48. The molecule has 0 radical (unpaired) electrons. The minimum absolute atomic E-state index is 0.405. The van der Waals surface area contributed by atoms with E-state index < -0.39 is 0 Å². The molecule has 0 N–H and O–H groups in total. The normalized spacial score (nSPS) is 10.8. The van der Waals surface area contributed by atoms with Gasteiger partial charge in [-0.05, 0) is 58.7 Å².